The third-order valence-corrected chi connectivity index (χ3v) is 2.41. The monoisotopic (exact) mass is 216 g/mol. The van der Waals surface area contributed by atoms with Gasteiger partial charge in [0, 0.05) is 13.7 Å². The fraction of sp³-hybridized carbons (Fsp3) is 0.778. The van der Waals surface area contributed by atoms with Crippen molar-refractivity contribution in [3.8, 4) is 0 Å². The number of hydrogen-bond acceptors (Lipinski definition) is 3. The molecule has 0 saturated carbocycles. The van der Waals surface area contributed by atoms with Gasteiger partial charge in [-0.2, -0.15) is 0 Å². The zero-order valence-corrected chi connectivity index (χ0v) is 9.18. The van der Waals surface area contributed by atoms with Crippen LogP contribution >= 0.6 is 12.2 Å². The second-order valence-corrected chi connectivity index (χ2v) is 4.10. The predicted molar refractivity (Wildman–Crippen MR) is 58.0 cm³/mol. The molecule has 0 bridgehead atoms. The Balaban J connectivity index is 2.42. The third-order valence-electron chi connectivity index (χ3n) is 2.28. The minimum Gasteiger partial charge on any atom is -0.392 e. The Labute approximate surface area is 89.4 Å². The Morgan fingerprint density at radius 1 is 1.71 bits per heavy atom. The van der Waals surface area contributed by atoms with Crippen molar-refractivity contribution in [2.24, 2.45) is 11.7 Å². The molecule has 0 aromatic carbocycles. The van der Waals surface area contributed by atoms with Gasteiger partial charge in [-0.3, -0.25) is 4.79 Å². The maximum atomic E-state index is 11.8. The molecule has 1 heterocycles. The van der Waals surface area contributed by atoms with Gasteiger partial charge in [0.15, 0.2) is 0 Å². The van der Waals surface area contributed by atoms with E-state index in [1.165, 1.54) is 0 Å². The average Bonchev–Trinajstić information content (AvgIpc) is 2.17. The van der Waals surface area contributed by atoms with E-state index < -0.39 is 0 Å². The molecule has 1 saturated heterocycles. The van der Waals surface area contributed by atoms with Crippen LogP contribution in [0.3, 0.4) is 0 Å². The van der Waals surface area contributed by atoms with E-state index in [4.69, 9.17) is 22.7 Å². The molecule has 0 aliphatic carbocycles. The van der Waals surface area contributed by atoms with Gasteiger partial charge >= 0.3 is 0 Å². The first-order valence-electron chi connectivity index (χ1n) is 4.72. The van der Waals surface area contributed by atoms with Crippen molar-refractivity contribution in [3.05, 3.63) is 0 Å². The molecule has 0 aromatic heterocycles. The molecule has 4 nitrogen and oxygen atoms in total. The summed E-state index contributed by atoms with van der Waals surface area (Å²) in [6.45, 7) is 1.65. The zero-order chi connectivity index (χ0) is 10.6. The lowest BCUT2D eigenvalue weighted by atomic mass is 10.0. The van der Waals surface area contributed by atoms with E-state index in [9.17, 15) is 4.79 Å². The van der Waals surface area contributed by atoms with Crippen LogP contribution < -0.4 is 5.73 Å². The zero-order valence-electron chi connectivity index (χ0n) is 8.36. The van der Waals surface area contributed by atoms with Gasteiger partial charge in [0.1, 0.15) is 0 Å². The maximum Gasteiger partial charge on any atom is 0.228 e. The molecule has 0 aromatic rings. The summed E-state index contributed by atoms with van der Waals surface area (Å²) in [6, 6.07) is 0. The summed E-state index contributed by atoms with van der Waals surface area (Å²) in [7, 11) is 1.72. The molecule has 0 spiro atoms. The number of nitrogens with zero attached hydrogens (tertiary/aromatic N) is 1. The van der Waals surface area contributed by atoms with Crippen LogP contribution in [0.25, 0.3) is 0 Å². The smallest absolute Gasteiger partial charge is 0.228 e. The number of rotatable bonds is 3. The first kappa shape index (κ1) is 11.4. The summed E-state index contributed by atoms with van der Waals surface area (Å²) in [5.41, 5.74) is 5.37. The molecular formula is C9H16N2O2S. The molecule has 1 rings (SSSR count). The molecule has 1 aliphatic rings. The second kappa shape index (κ2) is 5.26. The van der Waals surface area contributed by atoms with Crippen molar-refractivity contribution in [2.75, 3.05) is 26.8 Å². The summed E-state index contributed by atoms with van der Waals surface area (Å²) in [6.07, 6.45) is 1.86. The van der Waals surface area contributed by atoms with E-state index in [1.807, 2.05) is 0 Å². The summed E-state index contributed by atoms with van der Waals surface area (Å²) in [4.78, 5) is 13.7. The van der Waals surface area contributed by atoms with Crippen LogP contribution in [-0.2, 0) is 9.53 Å². The van der Waals surface area contributed by atoms with Crippen molar-refractivity contribution in [3.63, 3.8) is 0 Å². The number of hydrogen-bond donors (Lipinski definition) is 1. The second-order valence-electron chi connectivity index (χ2n) is 3.57. The molecule has 5 heteroatoms. The van der Waals surface area contributed by atoms with Gasteiger partial charge in [-0.1, -0.05) is 12.2 Å². The number of thiocarbonyl (C=S) groups is 1. The highest BCUT2D eigenvalue weighted by Crippen LogP contribution is 2.15. The minimum absolute atomic E-state index is 0.0110. The highest BCUT2D eigenvalue weighted by atomic mass is 32.1. The Bertz CT molecular complexity index is 227. The van der Waals surface area contributed by atoms with Gasteiger partial charge in [-0.05, 0) is 12.8 Å². The van der Waals surface area contributed by atoms with Gasteiger partial charge < -0.3 is 15.4 Å². The lowest BCUT2D eigenvalue weighted by Gasteiger charge is -2.26. The number of carbonyl (C=O) groups is 1. The van der Waals surface area contributed by atoms with Crippen molar-refractivity contribution in [1.29, 1.82) is 0 Å². The van der Waals surface area contributed by atoms with E-state index in [0.29, 0.717) is 18.1 Å². The number of ether oxygens (including phenoxy) is 1. The maximum absolute atomic E-state index is 11.8. The highest BCUT2D eigenvalue weighted by Gasteiger charge is 2.24. The molecule has 1 aliphatic heterocycles. The van der Waals surface area contributed by atoms with Crippen LogP contribution in [0.1, 0.15) is 12.8 Å². The Kier molecular flexibility index (Phi) is 4.28. The SMILES string of the molecule is CN(CC(N)=S)C(=O)C1CCCOC1. The number of amides is 1. The summed E-state index contributed by atoms with van der Waals surface area (Å²) < 4.78 is 5.25. The normalized spacial score (nSPS) is 21.6. The summed E-state index contributed by atoms with van der Waals surface area (Å²) in [5, 5.41) is 0. The molecule has 1 unspecified atom stereocenters. The van der Waals surface area contributed by atoms with Crippen molar-refractivity contribution in [1.82, 2.24) is 4.90 Å². The minimum atomic E-state index is -0.0110. The van der Waals surface area contributed by atoms with E-state index in [1.54, 1.807) is 11.9 Å². The van der Waals surface area contributed by atoms with E-state index in [2.05, 4.69) is 0 Å². The molecule has 80 valence electrons. The first-order chi connectivity index (χ1) is 6.61. The van der Waals surface area contributed by atoms with E-state index >= 15 is 0 Å². The topological polar surface area (TPSA) is 55.6 Å². The standard InChI is InChI=1S/C9H16N2O2S/c1-11(5-8(10)14)9(12)7-3-2-4-13-6-7/h7H,2-6H2,1H3,(H2,10,14). The van der Waals surface area contributed by atoms with E-state index in [-0.39, 0.29) is 11.8 Å². The lowest BCUT2D eigenvalue weighted by molar-refractivity contribution is -0.137. The van der Waals surface area contributed by atoms with Gasteiger partial charge in [0.05, 0.1) is 24.1 Å². The van der Waals surface area contributed by atoms with Crippen molar-refractivity contribution >= 4 is 23.1 Å². The molecule has 1 fully saturated rings. The quantitative estimate of drug-likeness (QED) is 0.683. The molecule has 2 N–H and O–H groups in total. The van der Waals surface area contributed by atoms with Gasteiger partial charge in [-0.15, -0.1) is 0 Å². The Morgan fingerprint density at radius 3 is 2.93 bits per heavy atom. The third kappa shape index (κ3) is 3.23. The predicted octanol–water partition coefficient (Wildman–Crippen LogP) is 0.158. The van der Waals surface area contributed by atoms with Crippen molar-refractivity contribution in [2.45, 2.75) is 12.8 Å². The molecular weight excluding hydrogens is 200 g/mol. The number of carbonyl (C=O) groups excluding carboxylic acids is 1. The molecule has 14 heavy (non-hydrogen) atoms. The average molecular weight is 216 g/mol. The van der Waals surface area contributed by atoms with Crippen LogP contribution in [0.5, 0.6) is 0 Å². The van der Waals surface area contributed by atoms with Crippen LogP contribution in [0.2, 0.25) is 0 Å². The van der Waals surface area contributed by atoms with Crippen LogP contribution in [0, 0.1) is 5.92 Å². The fourth-order valence-corrected chi connectivity index (χ4v) is 1.75. The Morgan fingerprint density at radius 2 is 2.43 bits per heavy atom. The molecule has 1 amide bonds. The van der Waals surface area contributed by atoms with Gasteiger partial charge in [-0.25, -0.2) is 0 Å². The van der Waals surface area contributed by atoms with Crippen LogP contribution in [0.4, 0.5) is 0 Å². The largest absolute Gasteiger partial charge is 0.392 e. The van der Waals surface area contributed by atoms with Crippen molar-refractivity contribution < 1.29 is 9.53 Å². The number of likely N-dealkylation sites (N-methyl/N-ethyl adjacent to an activating group) is 1. The Hall–Kier alpha value is -0.680. The van der Waals surface area contributed by atoms with E-state index in [0.717, 1.165) is 19.4 Å². The molecule has 0 radical (unpaired) electrons. The first-order valence-corrected chi connectivity index (χ1v) is 5.13. The van der Waals surface area contributed by atoms with Gasteiger partial charge in [0.2, 0.25) is 5.91 Å². The summed E-state index contributed by atoms with van der Waals surface area (Å²) >= 11 is 4.75. The summed E-state index contributed by atoms with van der Waals surface area (Å²) in [5.74, 6) is 0.0700. The van der Waals surface area contributed by atoms with Crippen LogP contribution in [-0.4, -0.2) is 42.6 Å². The lowest BCUT2D eigenvalue weighted by Crippen LogP contribution is -2.40. The number of nitrogens with two attached hydrogens (primary N) is 1. The van der Waals surface area contributed by atoms with Crippen LogP contribution in [0.15, 0.2) is 0 Å². The molecule has 1 atom stereocenters. The highest BCUT2D eigenvalue weighted by molar-refractivity contribution is 7.80. The van der Waals surface area contributed by atoms with Gasteiger partial charge in [0.25, 0.3) is 0 Å². The fourth-order valence-electron chi connectivity index (χ4n) is 1.56.